The summed E-state index contributed by atoms with van der Waals surface area (Å²) in [6.45, 7) is 4.85. The van der Waals surface area contributed by atoms with Gasteiger partial charge in [-0.1, -0.05) is 19.1 Å². The van der Waals surface area contributed by atoms with E-state index in [9.17, 15) is 4.39 Å². The zero-order valence-corrected chi connectivity index (χ0v) is 11.5. The summed E-state index contributed by atoms with van der Waals surface area (Å²) in [6, 6.07) is 5.40. The second-order valence-corrected chi connectivity index (χ2v) is 5.63. The molecule has 1 fully saturated rings. The Kier molecular flexibility index (Phi) is 4.36. The first-order valence-corrected chi connectivity index (χ1v) is 6.70. The zero-order chi connectivity index (χ0) is 13.1. The van der Waals surface area contributed by atoms with Crippen molar-refractivity contribution in [3.8, 4) is 0 Å². The van der Waals surface area contributed by atoms with Gasteiger partial charge in [0.2, 0.25) is 0 Å². The molecule has 100 valence electrons. The summed E-state index contributed by atoms with van der Waals surface area (Å²) >= 11 is 0. The average Bonchev–Trinajstić information content (AvgIpc) is 2.99. The highest BCUT2D eigenvalue weighted by molar-refractivity contribution is 5.25. The van der Waals surface area contributed by atoms with E-state index in [1.807, 2.05) is 19.2 Å². The summed E-state index contributed by atoms with van der Waals surface area (Å²) in [7, 11) is 3.98. The number of hydrogen-bond donors (Lipinski definition) is 1. The quantitative estimate of drug-likeness (QED) is 0.835. The van der Waals surface area contributed by atoms with Gasteiger partial charge in [-0.3, -0.25) is 0 Å². The van der Waals surface area contributed by atoms with Crippen molar-refractivity contribution >= 4 is 0 Å². The zero-order valence-electron chi connectivity index (χ0n) is 11.5. The van der Waals surface area contributed by atoms with Crippen molar-refractivity contribution in [2.24, 2.45) is 11.8 Å². The molecule has 0 spiro atoms. The van der Waals surface area contributed by atoms with Crippen LogP contribution in [0.3, 0.4) is 0 Å². The molecule has 2 rings (SSSR count). The van der Waals surface area contributed by atoms with Crippen LogP contribution in [0.25, 0.3) is 0 Å². The van der Waals surface area contributed by atoms with Crippen LogP contribution in [0.2, 0.25) is 0 Å². The largest absolute Gasteiger partial charge is 0.316 e. The molecular formula is C15H23FN2. The van der Waals surface area contributed by atoms with Crippen LogP contribution in [0.4, 0.5) is 4.39 Å². The molecular weight excluding hydrogens is 227 g/mol. The van der Waals surface area contributed by atoms with Gasteiger partial charge in [-0.15, -0.1) is 0 Å². The second-order valence-electron chi connectivity index (χ2n) is 5.63. The Labute approximate surface area is 109 Å². The number of benzene rings is 1. The lowest BCUT2D eigenvalue weighted by atomic mass is 10.1. The third kappa shape index (κ3) is 3.53. The molecule has 1 aromatic carbocycles. The molecule has 1 N–H and O–H groups in total. The standard InChI is InChI=1S/C15H23FN2/c1-11-6-13(11)9-18(3)10-14-7-12(8-17-2)4-5-15(14)16/h4-5,7,11,13,17H,6,8-10H2,1-3H3. The number of hydrogen-bond acceptors (Lipinski definition) is 2. The third-order valence-corrected chi connectivity index (χ3v) is 3.75. The van der Waals surface area contributed by atoms with E-state index in [-0.39, 0.29) is 5.82 Å². The highest BCUT2D eigenvalue weighted by Gasteiger charge is 2.33. The monoisotopic (exact) mass is 250 g/mol. The first kappa shape index (κ1) is 13.5. The minimum absolute atomic E-state index is 0.0921. The van der Waals surface area contributed by atoms with Crippen LogP contribution in [-0.2, 0) is 13.1 Å². The third-order valence-electron chi connectivity index (χ3n) is 3.75. The van der Waals surface area contributed by atoms with E-state index < -0.39 is 0 Å². The average molecular weight is 250 g/mol. The second kappa shape index (κ2) is 5.81. The van der Waals surface area contributed by atoms with E-state index in [4.69, 9.17) is 0 Å². The van der Waals surface area contributed by atoms with Gasteiger partial charge in [0.25, 0.3) is 0 Å². The Bertz CT molecular complexity index is 405. The molecule has 0 aliphatic heterocycles. The van der Waals surface area contributed by atoms with Crippen LogP contribution in [0, 0.1) is 17.7 Å². The fraction of sp³-hybridized carbons (Fsp3) is 0.600. The lowest BCUT2D eigenvalue weighted by Gasteiger charge is -2.17. The Balaban J connectivity index is 1.96. The van der Waals surface area contributed by atoms with Gasteiger partial charge in [-0.25, -0.2) is 4.39 Å². The highest BCUT2D eigenvalue weighted by atomic mass is 19.1. The Morgan fingerprint density at radius 2 is 2.17 bits per heavy atom. The Morgan fingerprint density at radius 3 is 2.78 bits per heavy atom. The lowest BCUT2D eigenvalue weighted by Crippen LogP contribution is -2.21. The SMILES string of the molecule is CNCc1ccc(F)c(CN(C)CC2CC2C)c1. The molecule has 2 unspecified atom stereocenters. The van der Waals surface area contributed by atoms with Crippen molar-refractivity contribution in [1.29, 1.82) is 0 Å². The first-order valence-electron chi connectivity index (χ1n) is 6.70. The molecule has 2 atom stereocenters. The Hall–Kier alpha value is -0.930. The lowest BCUT2D eigenvalue weighted by molar-refractivity contribution is 0.303. The molecule has 0 aromatic heterocycles. The Morgan fingerprint density at radius 1 is 1.44 bits per heavy atom. The van der Waals surface area contributed by atoms with Crippen LogP contribution in [0.15, 0.2) is 18.2 Å². The maximum absolute atomic E-state index is 13.8. The fourth-order valence-corrected chi connectivity index (χ4v) is 2.47. The van der Waals surface area contributed by atoms with Crippen LogP contribution in [0.1, 0.15) is 24.5 Å². The van der Waals surface area contributed by atoms with Gasteiger partial charge in [0.05, 0.1) is 0 Å². The molecule has 0 heterocycles. The molecule has 0 amide bonds. The number of rotatable bonds is 6. The predicted molar refractivity (Wildman–Crippen MR) is 72.8 cm³/mol. The van der Waals surface area contributed by atoms with Crippen LogP contribution < -0.4 is 5.32 Å². The molecule has 1 aliphatic rings. The minimum atomic E-state index is -0.0921. The van der Waals surface area contributed by atoms with Gasteiger partial charge in [0, 0.05) is 25.2 Å². The summed E-state index contributed by atoms with van der Waals surface area (Å²) < 4.78 is 13.8. The van der Waals surface area contributed by atoms with Gasteiger partial charge in [0.1, 0.15) is 5.82 Å². The molecule has 1 aromatic rings. The van der Waals surface area contributed by atoms with Crippen molar-refractivity contribution in [2.45, 2.75) is 26.4 Å². The van der Waals surface area contributed by atoms with Crippen molar-refractivity contribution in [3.63, 3.8) is 0 Å². The normalized spacial score (nSPS) is 22.5. The maximum Gasteiger partial charge on any atom is 0.127 e. The number of nitrogens with one attached hydrogen (secondary N) is 1. The van der Waals surface area contributed by atoms with Gasteiger partial charge in [-0.05, 0) is 44.0 Å². The summed E-state index contributed by atoms with van der Waals surface area (Å²) in [5.41, 5.74) is 1.95. The number of nitrogens with zero attached hydrogens (tertiary/aromatic N) is 1. The van der Waals surface area contributed by atoms with Crippen LogP contribution >= 0.6 is 0 Å². The van der Waals surface area contributed by atoms with Gasteiger partial charge in [-0.2, -0.15) is 0 Å². The molecule has 18 heavy (non-hydrogen) atoms. The van der Waals surface area contributed by atoms with E-state index in [0.717, 1.165) is 36.1 Å². The summed E-state index contributed by atoms with van der Waals surface area (Å²) in [6.07, 6.45) is 1.33. The van der Waals surface area contributed by atoms with Crippen molar-refractivity contribution in [2.75, 3.05) is 20.6 Å². The minimum Gasteiger partial charge on any atom is -0.316 e. The first-order chi connectivity index (χ1) is 8.60. The molecule has 1 saturated carbocycles. The number of halogens is 1. The summed E-state index contributed by atoms with van der Waals surface area (Å²) in [5, 5.41) is 3.10. The molecule has 2 nitrogen and oxygen atoms in total. The topological polar surface area (TPSA) is 15.3 Å². The van der Waals surface area contributed by atoms with Crippen LogP contribution in [-0.4, -0.2) is 25.5 Å². The van der Waals surface area contributed by atoms with Gasteiger partial charge < -0.3 is 10.2 Å². The van der Waals surface area contributed by atoms with E-state index in [1.54, 1.807) is 6.07 Å². The molecule has 0 bridgehead atoms. The molecule has 0 saturated heterocycles. The van der Waals surface area contributed by atoms with E-state index >= 15 is 0 Å². The van der Waals surface area contributed by atoms with Crippen molar-refractivity contribution in [3.05, 3.63) is 35.1 Å². The van der Waals surface area contributed by atoms with Crippen molar-refractivity contribution < 1.29 is 4.39 Å². The maximum atomic E-state index is 13.8. The summed E-state index contributed by atoms with van der Waals surface area (Å²) in [5.74, 6) is 1.58. The smallest absolute Gasteiger partial charge is 0.127 e. The van der Waals surface area contributed by atoms with E-state index in [1.165, 1.54) is 6.42 Å². The predicted octanol–water partition coefficient (Wildman–Crippen LogP) is 2.63. The molecule has 3 heteroatoms. The van der Waals surface area contributed by atoms with Crippen LogP contribution in [0.5, 0.6) is 0 Å². The molecule has 0 radical (unpaired) electrons. The van der Waals surface area contributed by atoms with E-state index in [0.29, 0.717) is 6.54 Å². The van der Waals surface area contributed by atoms with Gasteiger partial charge in [0.15, 0.2) is 0 Å². The van der Waals surface area contributed by atoms with Crippen molar-refractivity contribution in [1.82, 2.24) is 10.2 Å². The van der Waals surface area contributed by atoms with Gasteiger partial charge >= 0.3 is 0 Å². The summed E-state index contributed by atoms with van der Waals surface area (Å²) in [4.78, 5) is 2.23. The highest BCUT2D eigenvalue weighted by Crippen LogP contribution is 2.38. The van der Waals surface area contributed by atoms with E-state index in [2.05, 4.69) is 24.2 Å². The fourth-order valence-electron chi connectivity index (χ4n) is 2.47. The molecule has 1 aliphatic carbocycles.